The molecule has 4 nitrogen and oxygen atoms in total. The number of hydrogen-bond donors (Lipinski definition) is 1. The highest BCUT2D eigenvalue weighted by molar-refractivity contribution is 5.78. The van der Waals surface area contributed by atoms with Gasteiger partial charge in [0.2, 0.25) is 5.91 Å². The largest absolute Gasteiger partial charge is 0.508 e. The van der Waals surface area contributed by atoms with Crippen LogP contribution in [-0.2, 0) is 17.8 Å². The molecule has 0 atom stereocenters. The average Bonchev–Trinajstić information content (AvgIpc) is 2.40. The van der Waals surface area contributed by atoms with Crippen LogP contribution in [0.3, 0.4) is 0 Å². The summed E-state index contributed by atoms with van der Waals surface area (Å²) in [6.45, 7) is 0.533. The maximum atomic E-state index is 12.1. The second-order valence-electron chi connectivity index (χ2n) is 4.46. The van der Waals surface area contributed by atoms with Crippen LogP contribution in [-0.4, -0.2) is 27.9 Å². The van der Waals surface area contributed by atoms with E-state index in [-0.39, 0.29) is 18.1 Å². The topological polar surface area (TPSA) is 53.4 Å². The number of phenolic OH excluding ortho intramolecular Hbond substituents is 1. The number of carbonyl (C=O) groups excluding carboxylic acids is 1. The Morgan fingerprint density at radius 3 is 2.74 bits per heavy atom. The van der Waals surface area contributed by atoms with Crippen molar-refractivity contribution in [3.63, 3.8) is 0 Å². The van der Waals surface area contributed by atoms with E-state index in [0.717, 1.165) is 11.1 Å². The number of aromatic nitrogens is 1. The van der Waals surface area contributed by atoms with Crippen LogP contribution < -0.4 is 0 Å². The second kappa shape index (κ2) is 6.00. The maximum Gasteiger partial charge on any atom is 0.227 e. The molecule has 4 heteroatoms. The van der Waals surface area contributed by atoms with Gasteiger partial charge in [-0.1, -0.05) is 18.2 Å². The van der Waals surface area contributed by atoms with E-state index in [4.69, 9.17) is 0 Å². The molecular weight excluding hydrogens is 240 g/mol. The fraction of sp³-hybridized carbons (Fsp3) is 0.200. The molecule has 0 saturated carbocycles. The summed E-state index contributed by atoms with van der Waals surface area (Å²) in [5.74, 6) is 0.190. The highest BCUT2D eigenvalue weighted by Crippen LogP contribution is 2.12. The van der Waals surface area contributed by atoms with E-state index in [1.165, 1.54) is 0 Å². The molecule has 2 aromatic rings. The lowest BCUT2D eigenvalue weighted by atomic mass is 10.1. The zero-order valence-electron chi connectivity index (χ0n) is 10.8. The van der Waals surface area contributed by atoms with Gasteiger partial charge in [0, 0.05) is 26.0 Å². The van der Waals surface area contributed by atoms with Crippen molar-refractivity contribution in [2.75, 3.05) is 7.05 Å². The highest BCUT2D eigenvalue weighted by atomic mass is 16.3. The average molecular weight is 256 g/mol. The molecule has 0 aliphatic heterocycles. The van der Waals surface area contributed by atoms with Crippen molar-refractivity contribution in [2.24, 2.45) is 0 Å². The fourth-order valence-corrected chi connectivity index (χ4v) is 1.83. The zero-order valence-corrected chi connectivity index (χ0v) is 10.8. The van der Waals surface area contributed by atoms with Gasteiger partial charge < -0.3 is 10.0 Å². The normalized spacial score (nSPS) is 10.2. The number of benzene rings is 1. The van der Waals surface area contributed by atoms with Crippen LogP contribution >= 0.6 is 0 Å². The Morgan fingerprint density at radius 2 is 2.05 bits per heavy atom. The Hall–Kier alpha value is -2.36. The van der Waals surface area contributed by atoms with Gasteiger partial charge in [-0.25, -0.2) is 0 Å². The van der Waals surface area contributed by atoms with Crippen LogP contribution in [0.4, 0.5) is 0 Å². The maximum absolute atomic E-state index is 12.1. The molecule has 1 amide bonds. The van der Waals surface area contributed by atoms with E-state index in [1.807, 2.05) is 18.2 Å². The molecule has 98 valence electrons. The monoisotopic (exact) mass is 256 g/mol. The number of likely N-dealkylation sites (N-methyl/N-ethyl adjacent to an activating group) is 1. The lowest BCUT2D eigenvalue weighted by molar-refractivity contribution is -0.129. The molecule has 19 heavy (non-hydrogen) atoms. The number of rotatable bonds is 4. The van der Waals surface area contributed by atoms with E-state index in [0.29, 0.717) is 6.54 Å². The van der Waals surface area contributed by atoms with Gasteiger partial charge in [-0.3, -0.25) is 9.78 Å². The number of aromatic hydroxyl groups is 1. The van der Waals surface area contributed by atoms with Crippen molar-refractivity contribution >= 4 is 5.91 Å². The molecule has 0 spiro atoms. The van der Waals surface area contributed by atoms with Crippen LogP contribution in [0.2, 0.25) is 0 Å². The summed E-state index contributed by atoms with van der Waals surface area (Å²) in [6.07, 6.45) is 3.74. The van der Waals surface area contributed by atoms with Gasteiger partial charge in [0.25, 0.3) is 0 Å². The van der Waals surface area contributed by atoms with Gasteiger partial charge in [-0.05, 0) is 29.3 Å². The van der Waals surface area contributed by atoms with E-state index >= 15 is 0 Å². The van der Waals surface area contributed by atoms with Gasteiger partial charge in [0.15, 0.2) is 0 Å². The molecule has 0 aliphatic rings. The number of phenols is 1. The predicted molar refractivity (Wildman–Crippen MR) is 72.5 cm³/mol. The van der Waals surface area contributed by atoms with Crippen LogP contribution in [0.1, 0.15) is 11.1 Å². The quantitative estimate of drug-likeness (QED) is 0.910. The molecule has 0 fully saturated rings. The Kier molecular flexibility index (Phi) is 4.13. The van der Waals surface area contributed by atoms with Gasteiger partial charge in [0.1, 0.15) is 5.75 Å². The molecule has 0 bridgehead atoms. The molecule has 0 saturated heterocycles. The first-order chi connectivity index (χ1) is 9.15. The molecule has 2 rings (SSSR count). The SMILES string of the molecule is CN(Cc1cccnc1)C(=O)Cc1cccc(O)c1. The Bertz CT molecular complexity index is 555. The van der Waals surface area contributed by atoms with Crippen molar-refractivity contribution in [2.45, 2.75) is 13.0 Å². The fourth-order valence-electron chi connectivity index (χ4n) is 1.83. The van der Waals surface area contributed by atoms with Crippen LogP contribution in [0.25, 0.3) is 0 Å². The summed E-state index contributed by atoms with van der Waals surface area (Å²) in [5.41, 5.74) is 1.80. The second-order valence-corrected chi connectivity index (χ2v) is 4.46. The Morgan fingerprint density at radius 1 is 1.26 bits per heavy atom. The number of pyridine rings is 1. The van der Waals surface area contributed by atoms with Gasteiger partial charge in [-0.15, -0.1) is 0 Å². The minimum atomic E-state index is 0.00875. The minimum absolute atomic E-state index is 0.00875. The molecule has 0 aliphatic carbocycles. The first-order valence-electron chi connectivity index (χ1n) is 6.06. The lowest BCUT2D eigenvalue weighted by Crippen LogP contribution is -2.27. The summed E-state index contributed by atoms with van der Waals surface area (Å²) in [7, 11) is 1.76. The van der Waals surface area contributed by atoms with Crippen molar-refractivity contribution in [1.29, 1.82) is 0 Å². The van der Waals surface area contributed by atoms with Crippen molar-refractivity contribution in [1.82, 2.24) is 9.88 Å². The van der Waals surface area contributed by atoms with E-state index in [9.17, 15) is 9.90 Å². The third kappa shape index (κ3) is 3.81. The van der Waals surface area contributed by atoms with Crippen LogP contribution in [0.15, 0.2) is 48.8 Å². The predicted octanol–water partition coefficient (Wildman–Crippen LogP) is 1.99. The van der Waals surface area contributed by atoms with Crippen molar-refractivity contribution < 1.29 is 9.90 Å². The Balaban J connectivity index is 1.96. The number of nitrogens with zero attached hydrogens (tertiary/aromatic N) is 2. The first-order valence-corrected chi connectivity index (χ1v) is 6.06. The molecule has 1 N–H and O–H groups in total. The summed E-state index contributed by atoms with van der Waals surface area (Å²) in [6, 6.07) is 10.5. The molecule has 1 aromatic carbocycles. The molecule has 0 radical (unpaired) electrons. The third-order valence-corrected chi connectivity index (χ3v) is 2.83. The van der Waals surface area contributed by atoms with Gasteiger partial charge in [-0.2, -0.15) is 0 Å². The molecular formula is C15H16N2O2. The van der Waals surface area contributed by atoms with E-state index in [1.54, 1.807) is 42.5 Å². The molecule has 1 aromatic heterocycles. The van der Waals surface area contributed by atoms with Crippen LogP contribution in [0.5, 0.6) is 5.75 Å². The van der Waals surface area contributed by atoms with Crippen molar-refractivity contribution in [3.8, 4) is 5.75 Å². The first kappa shape index (κ1) is 13.1. The Labute approximate surface area is 112 Å². The number of amides is 1. The molecule has 0 unspecified atom stereocenters. The summed E-state index contributed by atoms with van der Waals surface area (Å²) in [5, 5.41) is 9.37. The van der Waals surface area contributed by atoms with E-state index in [2.05, 4.69) is 4.98 Å². The third-order valence-electron chi connectivity index (χ3n) is 2.83. The minimum Gasteiger partial charge on any atom is -0.508 e. The van der Waals surface area contributed by atoms with Gasteiger partial charge >= 0.3 is 0 Å². The highest BCUT2D eigenvalue weighted by Gasteiger charge is 2.10. The van der Waals surface area contributed by atoms with E-state index < -0.39 is 0 Å². The summed E-state index contributed by atoms with van der Waals surface area (Å²) < 4.78 is 0. The molecule has 1 heterocycles. The van der Waals surface area contributed by atoms with Crippen LogP contribution in [0, 0.1) is 0 Å². The standard InChI is InChI=1S/C15H16N2O2/c1-17(11-13-5-3-7-16-10-13)15(19)9-12-4-2-6-14(18)8-12/h2-8,10,18H,9,11H2,1H3. The zero-order chi connectivity index (χ0) is 13.7. The lowest BCUT2D eigenvalue weighted by Gasteiger charge is -2.17. The summed E-state index contributed by atoms with van der Waals surface area (Å²) >= 11 is 0. The van der Waals surface area contributed by atoms with Gasteiger partial charge in [0.05, 0.1) is 6.42 Å². The number of carbonyl (C=O) groups is 1. The number of hydrogen-bond acceptors (Lipinski definition) is 3. The smallest absolute Gasteiger partial charge is 0.227 e. The van der Waals surface area contributed by atoms with Crippen molar-refractivity contribution in [3.05, 3.63) is 59.9 Å². The summed E-state index contributed by atoms with van der Waals surface area (Å²) in [4.78, 5) is 17.7.